The molecule has 1 aromatic carbocycles. The molecule has 3 rings (SSSR count). The maximum atomic E-state index is 13.6. The van der Waals surface area contributed by atoms with Crippen LogP contribution in [-0.4, -0.2) is 35.6 Å². The molecule has 2 fully saturated rings. The smallest absolute Gasteiger partial charge is 0.285 e. The Hall–Kier alpha value is -1.35. The van der Waals surface area contributed by atoms with Crippen LogP contribution in [0, 0.1) is 20.8 Å². The van der Waals surface area contributed by atoms with E-state index in [9.17, 15) is 4.79 Å². The molecule has 0 unspecified atom stereocenters. The van der Waals surface area contributed by atoms with Crippen molar-refractivity contribution < 1.29 is 9.28 Å². The van der Waals surface area contributed by atoms with Gasteiger partial charge in [-0.05, 0) is 70.9 Å². The molecule has 1 saturated heterocycles. The maximum absolute atomic E-state index is 13.6. The number of quaternary nitrogens is 1. The van der Waals surface area contributed by atoms with Crippen LogP contribution in [0.1, 0.15) is 68.6 Å². The fourth-order valence-corrected chi connectivity index (χ4v) is 5.38. The van der Waals surface area contributed by atoms with E-state index >= 15 is 0 Å². The number of nitrogens with one attached hydrogen (secondary N) is 1. The number of hydrogen-bond acceptors (Lipinski definition) is 1. The predicted octanol–water partition coefficient (Wildman–Crippen LogP) is 4.88. The Kier molecular flexibility index (Phi) is 5.24. The SMILES string of the molecule is CC[N+]1(C2(C(=O)Nc3c(C)cc(C)cc3C)CCC2)CCCCCC1. The second-order valence-corrected chi connectivity index (χ2v) is 8.44. The van der Waals surface area contributed by atoms with Gasteiger partial charge in [0.25, 0.3) is 5.91 Å². The zero-order valence-electron chi connectivity index (χ0n) is 16.6. The molecule has 25 heavy (non-hydrogen) atoms. The average Bonchev–Trinajstić information content (AvgIpc) is 2.76. The first kappa shape index (κ1) is 18.4. The Morgan fingerprint density at radius 2 is 1.56 bits per heavy atom. The lowest BCUT2D eigenvalue weighted by atomic mass is 9.72. The van der Waals surface area contributed by atoms with Crippen molar-refractivity contribution in [2.75, 3.05) is 25.0 Å². The lowest BCUT2D eigenvalue weighted by Gasteiger charge is -2.56. The molecule has 0 spiro atoms. The third kappa shape index (κ3) is 3.12. The number of likely N-dealkylation sites (tertiary alicyclic amines) is 1. The number of amides is 1. The summed E-state index contributed by atoms with van der Waals surface area (Å²) in [6.07, 6.45) is 8.49. The molecule has 0 bridgehead atoms. The zero-order chi connectivity index (χ0) is 18.1. The molecular formula is C22H35N2O+. The van der Waals surface area contributed by atoms with Crippen molar-refractivity contribution in [2.45, 2.75) is 78.2 Å². The van der Waals surface area contributed by atoms with Crippen LogP contribution < -0.4 is 5.32 Å². The Labute approximate surface area is 153 Å². The quantitative estimate of drug-likeness (QED) is 0.775. The highest BCUT2D eigenvalue weighted by atomic mass is 16.2. The third-order valence-corrected chi connectivity index (χ3v) is 6.95. The lowest BCUT2D eigenvalue weighted by molar-refractivity contribution is -0.970. The molecule has 1 aliphatic heterocycles. The molecule has 0 radical (unpaired) electrons. The Morgan fingerprint density at radius 3 is 2.00 bits per heavy atom. The predicted molar refractivity (Wildman–Crippen MR) is 105 cm³/mol. The second-order valence-electron chi connectivity index (χ2n) is 8.44. The average molecular weight is 344 g/mol. The minimum absolute atomic E-state index is 0.192. The minimum atomic E-state index is -0.192. The molecule has 1 heterocycles. The van der Waals surface area contributed by atoms with Gasteiger partial charge in [0.2, 0.25) is 0 Å². The molecule has 1 aliphatic carbocycles. The summed E-state index contributed by atoms with van der Waals surface area (Å²) in [7, 11) is 0. The van der Waals surface area contributed by atoms with Crippen LogP contribution in [0.3, 0.4) is 0 Å². The number of carbonyl (C=O) groups excluding carboxylic acids is 1. The highest BCUT2D eigenvalue weighted by Gasteiger charge is 2.59. The Bertz CT molecular complexity index is 614. The van der Waals surface area contributed by atoms with Crippen molar-refractivity contribution in [3.05, 3.63) is 28.8 Å². The van der Waals surface area contributed by atoms with Crippen LogP contribution in [0.4, 0.5) is 5.69 Å². The van der Waals surface area contributed by atoms with E-state index in [-0.39, 0.29) is 11.4 Å². The topological polar surface area (TPSA) is 29.1 Å². The molecule has 138 valence electrons. The van der Waals surface area contributed by atoms with Crippen molar-refractivity contribution in [3.8, 4) is 0 Å². The van der Waals surface area contributed by atoms with E-state index in [1.54, 1.807) is 0 Å². The van der Waals surface area contributed by atoms with Crippen LogP contribution in [-0.2, 0) is 4.79 Å². The number of nitrogens with zero attached hydrogens (tertiary/aromatic N) is 1. The molecule has 3 heteroatoms. The van der Waals surface area contributed by atoms with Gasteiger partial charge in [0.1, 0.15) is 0 Å². The number of likely N-dealkylation sites (N-methyl/N-ethyl adjacent to an activating group) is 1. The molecule has 1 N–H and O–H groups in total. The van der Waals surface area contributed by atoms with Crippen LogP contribution in [0.5, 0.6) is 0 Å². The fourth-order valence-electron chi connectivity index (χ4n) is 5.38. The molecule has 0 atom stereocenters. The van der Waals surface area contributed by atoms with Gasteiger partial charge in [-0.3, -0.25) is 4.79 Å². The molecule has 2 aliphatic rings. The van der Waals surface area contributed by atoms with E-state index in [2.05, 4.69) is 45.1 Å². The van der Waals surface area contributed by atoms with Gasteiger partial charge in [-0.1, -0.05) is 17.7 Å². The first-order valence-corrected chi connectivity index (χ1v) is 10.2. The summed E-state index contributed by atoms with van der Waals surface area (Å²) in [5, 5.41) is 3.37. The van der Waals surface area contributed by atoms with Crippen molar-refractivity contribution >= 4 is 11.6 Å². The highest BCUT2D eigenvalue weighted by molar-refractivity contribution is 5.99. The molecular weight excluding hydrogens is 308 g/mol. The number of anilines is 1. The Morgan fingerprint density at radius 1 is 1.00 bits per heavy atom. The first-order chi connectivity index (χ1) is 11.9. The van der Waals surface area contributed by atoms with Crippen LogP contribution in [0.15, 0.2) is 12.1 Å². The van der Waals surface area contributed by atoms with Gasteiger partial charge in [-0.25, -0.2) is 0 Å². The molecule has 1 amide bonds. The second kappa shape index (κ2) is 7.11. The summed E-state index contributed by atoms with van der Waals surface area (Å²) in [6.45, 7) is 12.1. The lowest BCUT2D eigenvalue weighted by Crippen LogP contribution is -2.72. The molecule has 1 saturated carbocycles. The number of rotatable bonds is 4. The summed E-state index contributed by atoms with van der Waals surface area (Å²) in [6, 6.07) is 4.35. The van der Waals surface area contributed by atoms with Crippen molar-refractivity contribution in [1.29, 1.82) is 0 Å². The van der Waals surface area contributed by atoms with E-state index in [4.69, 9.17) is 0 Å². The summed E-state index contributed by atoms with van der Waals surface area (Å²) in [4.78, 5) is 13.6. The van der Waals surface area contributed by atoms with Gasteiger partial charge in [0, 0.05) is 18.5 Å². The van der Waals surface area contributed by atoms with Crippen molar-refractivity contribution in [3.63, 3.8) is 0 Å². The van der Waals surface area contributed by atoms with E-state index in [1.165, 1.54) is 61.9 Å². The Balaban J connectivity index is 1.91. The van der Waals surface area contributed by atoms with Crippen molar-refractivity contribution in [1.82, 2.24) is 0 Å². The third-order valence-electron chi connectivity index (χ3n) is 6.95. The summed E-state index contributed by atoms with van der Waals surface area (Å²) >= 11 is 0. The number of hydrogen-bond donors (Lipinski definition) is 1. The van der Waals surface area contributed by atoms with Crippen LogP contribution in [0.25, 0.3) is 0 Å². The highest BCUT2D eigenvalue weighted by Crippen LogP contribution is 2.45. The van der Waals surface area contributed by atoms with Gasteiger partial charge < -0.3 is 9.80 Å². The van der Waals surface area contributed by atoms with E-state index in [0.717, 1.165) is 29.6 Å². The standard InChI is InChI=1S/C22H34N2O/c1-5-24(13-8-6-7-9-14-24)22(11-10-12-22)21(25)23-20-18(3)15-17(2)16-19(20)4/h15-16H,5-14H2,1-4H3/p+1. The maximum Gasteiger partial charge on any atom is 0.285 e. The molecule has 3 nitrogen and oxygen atoms in total. The number of benzene rings is 1. The normalized spacial score (nSPS) is 21.9. The summed E-state index contributed by atoms with van der Waals surface area (Å²) < 4.78 is 1.02. The first-order valence-electron chi connectivity index (χ1n) is 10.2. The minimum Gasteiger partial charge on any atom is -0.320 e. The van der Waals surface area contributed by atoms with Gasteiger partial charge in [-0.2, -0.15) is 0 Å². The monoisotopic (exact) mass is 343 g/mol. The van der Waals surface area contributed by atoms with E-state index in [1.807, 2.05) is 0 Å². The van der Waals surface area contributed by atoms with Gasteiger partial charge in [-0.15, -0.1) is 0 Å². The number of aryl methyl sites for hydroxylation is 3. The largest absolute Gasteiger partial charge is 0.320 e. The molecule has 1 aromatic rings. The van der Waals surface area contributed by atoms with Crippen molar-refractivity contribution in [2.24, 2.45) is 0 Å². The fraction of sp³-hybridized carbons (Fsp3) is 0.682. The van der Waals surface area contributed by atoms with E-state index in [0.29, 0.717) is 0 Å². The van der Waals surface area contributed by atoms with Crippen LogP contribution in [0.2, 0.25) is 0 Å². The zero-order valence-corrected chi connectivity index (χ0v) is 16.6. The summed E-state index contributed by atoms with van der Waals surface area (Å²) in [5.74, 6) is 0.276. The molecule has 0 aromatic heterocycles. The van der Waals surface area contributed by atoms with Gasteiger partial charge in [0.05, 0.1) is 19.6 Å². The number of carbonyl (C=O) groups is 1. The van der Waals surface area contributed by atoms with E-state index < -0.39 is 0 Å². The van der Waals surface area contributed by atoms with Gasteiger partial charge >= 0.3 is 0 Å². The summed E-state index contributed by atoms with van der Waals surface area (Å²) in [5.41, 5.74) is 4.46. The van der Waals surface area contributed by atoms with Gasteiger partial charge in [0.15, 0.2) is 5.54 Å². The van der Waals surface area contributed by atoms with Crippen LogP contribution >= 0.6 is 0 Å².